The Balaban J connectivity index is 1.61. The number of nitrogens with zero attached hydrogens (tertiary/aromatic N) is 2. The third-order valence-electron chi connectivity index (χ3n) is 6.00. The molecule has 2 aromatic carbocycles. The molecule has 0 saturated carbocycles. The zero-order valence-electron chi connectivity index (χ0n) is 19.0. The van der Waals surface area contributed by atoms with Gasteiger partial charge < -0.3 is 15.0 Å². The number of nitrogens with one attached hydrogen (secondary N) is 1. The number of sulfonamides is 1. The van der Waals surface area contributed by atoms with Gasteiger partial charge in [-0.3, -0.25) is 4.79 Å². The number of anilines is 2. The van der Waals surface area contributed by atoms with E-state index >= 15 is 0 Å². The van der Waals surface area contributed by atoms with Gasteiger partial charge in [0.15, 0.2) is 0 Å². The summed E-state index contributed by atoms with van der Waals surface area (Å²) in [6.45, 7) is 5.62. The van der Waals surface area contributed by atoms with E-state index in [-0.39, 0.29) is 10.8 Å². The van der Waals surface area contributed by atoms with Crippen LogP contribution in [0.2, 0.25) is 0 Å². The lowest BCUT2D eigenvalue weighted by molar-refractivity contribution is -0.111. The molecule has 2 aromatic rings. The summed E-state index contributed by atoms with van der Waals surface area (Å²) >= 11 is 0. The van der Waals surface area contributed by atoms with Crippen molar-refractivity contribution in [1.29, 1.82) is 0 Å². The van der Waals surface area contributed by atoms with Gasteiger partial charge in [0.25, 0.3) is 0 Å². The number of ether oxygens (including phenoxy) is 1. The maximum absolute atomic E-state index is 13.2. The monoisotopic (exact) mass is 469 g/mol. The number of morpholine rings is 1. The van der Waals surface area contributed by atoms with Crippen LogP contribution in [0.3, 0.4) is 0 Å². The number of benzene rings is 2. The predicted octanol–water partition coefficient (Wildman–Crippen LogP) is 3.66. The second-order valence-corrected chi connectivity index (χ2v) is 10.4. The zero-order valence-corrected chi connectivity index (χ0v) is 19.8. The molecule has 2 saturated heterocycles. The van der Waals surface area contributed by atoms with E-state index in [2.05, 4.69) is 10.2 Å². The molecule has 176 valence electrons. The Hall–Kier alpha value is -2.68. The second kappa shape index (κ2) is 10.5. The van der Waals surface area contributed by atoms with Crippen molar-refractivity contribution in [3.05, 3.63) is 59.7 Å². The van der Waals surface area contributed by atoms with Crippen molar-refractivity contribution in [2.75, 3.05) is 49.6 Å². The van der Waals surface area contributed by atoms with E-state index in [4.69, 9.17) is 4.74 Å². The quantitative estimate of drug-likeness (QED) is 0.654. The molecule has 2 heterocycles. The molecule has 0 aliphatic carbocycles. The average molecular weight is 470 g/mol. The van der Waals surface area contributed by atoms with Crippen LogP contribution in [0, 0.1) is 6.92 Å². The number of aryl methyl sites for hydroxylation is 1. The molecule has 1 N–H and O–H groups in total. The van der Waals surface area contributed by atoms with E-state index in [9.17, 15) is 13.2 Å². The van der Waals surface area contributed by atoms with Gasteiger partial charge in [0, 0.05) is 32.3 Å². The minimum absolute atomic E-state index is 0.208. The molecule has 0 aromatic heterocycles. The van der Waals surface area contributed by atoms with E-state index in [1.807, 2.05) is 31.2 Å². The highest BCUT2D eigenvalue weighted by molar-refractivity contribution is 7.89. The van der Waals surface area contributed by atoms with E-state index in [0.29, 0.717) is 45.1 Å². The van der Waals surface area contributed by atoms with Crippen LogP contribution in [0.5, 0.6) is 0 Å². The summed E-state index contributed by atoms with van der Waals surface area (Å²) in [7, 11) is -3.61. The van der Waals surface area contributed by atoms with Gasteiger partial charge in [0.05, 0.1) is 29.5 Å². The molecule has 0 spiro atoms. The first-order chi connectivity index (χ1) is 15.9. The molecule has 2 fully saturated rings. The highest BCUT2D eigenvalue weighted by atomic mass is 32.2. The molecule has 8 heteroatoms. The van der Waals surface area contributed by atoms with Gasteiger partial charge in [-0.05, 0) is 49.6 Å². The topological polar surface area (TPSA) is 79.0 Å². The summed E-state index contributed by atoms with van der Waals surface area (Å²) in [5.41, 5.74) is 3.34. The Morgan fingerprint density at radius 2 is 1.76 bits per heavy atom. The number of hydrogen-bond donors (Lipinski definition) is 1. The fraction of sp³-hybridized carbons (Fsp3) is 0.400. The molecular formula is C25H31N3O4S. The lowest BCUT2D eigenvalue weighted by atomic mass is 10.1. The second-order valence-electron chi connectivity index (χ2n) is 8.48. The van der Waals surface area contributed by atoms with Crippen molar-refractivity contribution >= 4 is 33.4 Å². The number of rotatable bonds is 6. The zero-order chi connectivity index (χ0) is 23.3. The molecule has 1 amide bonds. The van der Waals surface area contributed by atoms with Crippen molar-refractivity contribution in [1.82, 2.24) is 4.31 Å². The molecule has 0 atom stereocenters. The Bertz CT molecular complexity index is 1120. The molecule has 0 radical (unpaired) electrons. The SMILES string of the molecule is Cc1cccc(/C=C/C(=O)Nc2cc(S(=O)(=O)N3CCCCC3)ccc2N2CCOCC2)c1. The molecule has 0 bridgehead atoms. The van der Waals surface area contributed by atoms with Crippen LogP contribution in [-0.2, 0) is 19.6 Å². The standard InChI is InChI=1S/C25H31N3O4S/c1-20-6-5-7-21(18-20)8-11-25(29)26-23-19-22(33(30,31)28-12-3-2-4-13-28)9-10-24(23)27-14-16-32-17-15-27/h5-11,18-19H,2-4,12-17H2,1H3,(H,26,29)/b11-8+. The van der Waals surface area contributed by atoms with Gasteiger partial charge in [-0.15, -0.1) is 0 Å². The van der Waals surface area contributed by atoms with E-state index in [0.717, 1.165) is 36.1 Å². The molecular weight excluding hydrogens is 438 g/mol. The van der Waals surface area contributed by atoms with Crippen LogP contribution in [0.1, 0.15) is 30.4 Å². The summed E-state index contributed by atoms with van der Waals surface area (Å²) in [6, 6.07) is 12.9. The van der Waals surface area contributed by atoms with Gasteiger partial charge in [-0.25, -0.2) is 8.42 Å². The first-order valence-electron chi connectivity index (χ1n) is 11.5. The van der Waals surface area contributed by atoms with Crippen molar-refractivity contribution in [3.8, 4) is 0 Å². The van der Waals surface area contributed by atoms with E-state index < -0.39 is 10.0 Å². The first-order valence-corrected chi connectivity index (χ1v) is 12.9. The third-order valence-corrected chi connectivity index (χ3v) is 7.89. The molecule has 33 heavy (non-hydrogen) atoms. The molecule has 4 rings (SSSR count). The summed E-state index contributed by atoms with van der Waals surface area (Å²) in [5, 5.41) is 2.92. The highest BCUT2D eigenvalue weighted by Crippen LogP contribution is 2.31. The van der Waals surface area contributed by atoms with Gasteiger partial charge in [-0.2, -0.15) is 4.31 Å². The van der Waals surface area contributed by atoms with Crippen LogP contribution in [0.4, 0.5) is 11.4 Å². The van der Waals surface area contributed by atoms with Crippen molar-refractivity contribution in [2.45, 2.75) is 31.1 Å². The number of carbonyl (C=O) groups is 1. The molecule has 2 aliphatic heterocycles. The van der Waals surface area contributed by atoms with Crippen molar-refractivity contribution in [2.24, 2.45) is 0 Å². The number of hydrogen-bond acceptors (Lipinski definition) is 5. The summed E-state index contributed by atoms with van der Waals surface area (Å²) in [5.74, 6) is -0.307. The average Bonchev–Trinajstić information content (AvgIpc) is 2.84. The van der Waals surface area contributed by atoms with Gasteiger partial charge in [0.2, 0.25) is 15.9 Å². The molecule has 7 nitrogen and oxygen atoms in total. The lowest BCUT2D eigenvalue weighted by Gasteiger charge is -2.31. The number of amides is 1. The van der Waals surface area contributed by atoms with Crippen LogP contribution >= 0.6 is 0 Å². The normalized spacial score (nSPS) is 17.9. The van der Waals surface area contributed by atoms with Crippen LogP contribution in [0.25, 0.3) is 6.08 Å². The molecule has 2 aliphatic rings. The minimum Gasteiger partial charge on any atom is -0.378 e. The van der Waals surface area contributed by atoms with Crippen LogP contribution in [-0.4, -0.2) is 58.0 Å². The smallest absolute Gasteiger partial charge is 0.248 e. The maximum Gasteiger partial charge on any atom is 0.248 e. The Morgan fingerprint density at radius 3 is 2.48 bits per heavy atom. The van der Waals surface area contributed by atoms with E-state index in [1.165, 1.54) is 6.08 Å². The summed E-state index contributed by atoms with van der Waals surface area (Å²) in [6.07, 6.45) is 6.03. The van der Waals surface area contributed by atoms with Crippen molar-refractivity contribution < 1.29 is 17.9 Å². The fourth-order valence-electron chi connectivity index (χ4n) is 4.23. The van der Waals surface area contributed by atoms with Gasteiger partial charge in [0.1, 0.15) is 0 Å². The maximum atomic E-state index is 13.2. The fourth-order valence-corrected chi connectivity index (χ4v) is 5.77. The lowest BCUT2D eigenvalue weighted by Crippen LogP contribution is -2.37. The predicted molar refractivity (Wildman–Crippen MR) is 131 cm³/mol. The summed E-state index contributed by atoms with van der Waals surface area (Å²) in [4.78, 5) is 15.1. The highest BCUT2D eigenvalue weighted by Gasteiger charge is 2.27. The largest absolute Gasteiger partial charge is 0.378 e. The minimum atomic E-state index is -3.61. The van der Waals surface area contributed by atoms with Gasteiger partial charge >= 0.3 is 0 Å². The summed E-state index contributed by atoms with van der Waals surface area (Å²) < 4.78 is 33.4. The Kier molecular flexibility index (Phi) is 7.47. The van der Waals surface area contributed by atoms with Crippen molar-refractivity contribution in [3.63, 3.8) is 0 Å². The van der Waals surface area contributed by atoms with Gasteiger partial charge in [-0.1, -0.05) is 36.2 Å². The Morgan fingerprint density at radius 1 is 1.00 bits per heavy atom. The van der Waals surface area contributed by atoms with Crippen LogP contribution < -0.4 is 10.2 Å². The third kappa shape index (κ3) is 5.82. The number of piperidine rings is 1. The molecule has 0 unspecified atom stereocenters. The van der Waals surface area contributed by atoms with Crippen LogP contribution in [0.15, 0.2) is 53.4 Å². The van der Waals surface area contributed by atoms with E-state index in [1.54, 1.807) is 28.6 Å². The number of carbonyl (C=O) groups excluding carboxylic acids is 1. The first kappa shape index (κ1) is 23.5. The Labute approximate surface area is 196 Å².